The molecule has 2 fully saturated rings. The highest BCUT2D eigenvalue weighted by Gasteiger charge is 2.43. The van der Waals surface area contributed by atoms with Crippen molar-refractivity contribution in [2.45, 2.75) is 69.3 Å². The maximum atomic E-state index is 6.43. The van der Waals surface area contributed by atoms with Crippen molar-refractivity contribution in [3.8, 4) is 0 Å². The van der Waals surface area contributed by atoms with Crippen molar-refractivity contribution in [3.05, 3.63) is 0 Å². The second kappa shape index (κ2) is 7.26. The molecule has 1 heterocycles. The molecule has 0 amide bonds. The van der Waals surface area contributed by atoms with Gasteiger partial charge in [-0.3, -0.25) is 0 Å². The Kier molecular flexibility index (Phi) is 5.94. The van der Waals surface area contributed by atoms with Gasteiger partial charge in [0, 0.05) is 20.1 Å². The molecule has 0 N–H and O–H groups in total. The molecule has 2 rings (SSSR count). The van der Waals surface area contributed by atoms with Crippen LogP contribution in [0.5, 0.6) is 0 Å². The number of alkyl halides is 1. The summed E-state index contributed by atoms with van der Waals surface area (Å²) in [6.45, 7) is 2.18. The summed E-state index contributed by atoms with van der Waals surface area (Å²) >= 11 is 6.43. The summed E-state index contributed by atoms with van der Waals surface area (Å²) in [6.07, 6.45) is 7.26. The number of ether oxygens (including phenoxy) is 3. The molecule has 5 unspecified atom stereocenters. The highest BCUT2D eigenvalue weighted by atomic mass is 35.5. The quantitative estimate of drug-likeness (QED) is 0.553. The third-order valence-electron chi connectivity index (χ3n) is 4.66. The normalized spacial score (nSPS) is 36.5. The third kappa shape index (κ3) is 3.63. The molecule has 0 spiro atoms. The van der Waals surface area contributed by atoms with Gasteiger partial charge < -0.3 is 14.2 Å². The monoisotopic (exact) mass is 290 g/mol. The molecular weight excluding hydrogens is 264 g/mol. The Morgan fingerprint density at radius 1 is 1.21 bits per heavy atom. The number of hydrogen-bond acceptors (Lipinski definition) is 3. The van der Waals surface area contributed by atoms with E-state index in [4.69, 9.17) is 25.8 Å². The van der Waals surface area contributed by atoms with Crippen molar-refractivity contribution >= 4 is 11.6 Å². The average Bonchev–Trinajstić information content (AvgIpc) is 2.83. The van der Waals surface area contributed by atoms with E-state index in [1.807, 2.05) is 0 Å². The fourth-order valence-electron chi connectivity index (χ4n) is 3.70. The highest BCUT2D eigenvalue weighted by molar-refractivity contribution is 6.21. The van der Waals surface area contributed by atoms with Gasteiger partial charge >= 0.3 is 0 Å². The minimum atomic E-state index is -0.0672. The van der Waals surface area contributed by atoms with Crippen molar-refractivity contribution in [2.75, 3.05) is 14.2 Å². The van der Waals surface area contributed by atoms with Gasteiger partial charge in [0.05, 0.1) is 17.6 Å². The standard InChI is InChI=1S/C15H27ClO3/c1-4-5-12(16)14-9-11-8-10(15(17-2)18-3)6-7-13(11)19-14/h10-15H,4-9H2,1-3H3. The highest BCUT2D eigenvalue weighted by Crippen LogP contribution is 2.43. The molecule has 0 aromatic rings. The Hall–Kier alpha value is 0.170. The lowest BCUT2D eigenvalue weighted by atomic mass is 9.78. The van der Waals surface area contributed by atoms with Crippen molar-refractivity contribution in [1.82, 2.24) is 0 Å². The maximum absolute atomic E-state index is 6.43. The molecule has 0 aromatic heterocycles. The molecule has 1 aliphatic carbocycles. The lowest BCUT2D eigenvalue weighted by molar-refractivity contribution is -0.152. The van der Waals surface area contributed by atoms with E-state index in [1.165, 1.54) is 0 Å². The van der Waals surface area contributed by atoms with Gasteiger partial charge in [-0.05, 0) is 38.0 Å². The fourth-order valence-corrected chi connectivity index (χ4v) is 4.08. The first-order chi connectivity index (χ1) is 9.19. The molecule has 1 saturated carbocycles. The van der Waals surface area contributed by atoms with Crippen LogP contribution in [-0.4, -0.2) is 38.1 Å². The maximum Gasteiger partial charge on any atom is 0.159 e. The second-order valence-electron chi connectivity index (χ2n) is 5.93. The van der Waals surface area contributed by atoms with Gasteiger partial charge in [0.1, 0.15) is 0 Å². The molecule has 2 aliphatic rings. The summed E-state index contributed by atoms with van der Waals surface area (Å²) < 4.78 is 17.0. The van der Waals surface area contributed by atoms with Crippen LogP contribution < -0.4 is 0 Å². The predicted octanol–water partition coefficient (Wildman–Crippen LogP) is 3.59. The minimum absolute atomic E-state index is 0.0672. The lowest BCUT2D eigenvalue weighted by Gasteiger charge is -2.34. The van der Waals surface area contributed by atoms with Crippen LogP contribution in [0.25, 0.3) is 0 Å². The van der Waals surface area contributed by atoms with Gasteiger partial charge in [-0.15, -0.1) is 11.6 Å². The zero-order valence-electron chi connectivity index (χ0n) is 12.3. The van der Waals surface area contributed by atoms with Crippen LogP contribution in [0.1, 0.15) is 45.4 Å². The van der Waals surface area contributed by atoms with Crippen LogP contribution in [-0.2, 0) is 14.2 Å². The zero-order valence-corrected chi connectivity index (χ0v) is 13.1. The Bertz CT molecular complexity index is 270. The van der Waals surface area contributed by atoms with E-state index in [2.05, 4.69) is 6.92 Å². The lowest BCUT2D eigenvalue weighted by Crippen LogP contribution is -2.34. The van der Waals surface area contributed by atoms with Crippen molar-refractivity contribution in [3.63, 3.8) is 0 Å². The Morgan fingerprint density at radius 3 is 2.58 bits per heavy atom. The number of hydrogen-bond donors (Lipinski definition) is 0. The summed E-state index contributed by atoms with van der Waals surface area (Å²) in [4.78, 5) is 0. The first-order valence-electron chi connectivity index (χ1n) is 7.54. The van der Waals surface area contributed by atoms with Gasteiger partial charge in [0.15, 0.2) is 6.29 Å². The Morgan fingerprint density at radius 2 is 1.95 bits per heavy atom. The summed E-state index contributed by atoms with van der Waals surface area (Å²) in [5.41, 5.74) is 0. The molecule has 4 heteroatoms. The summed E-state index contributed by atoms with van der Waals surface area (Å²) in [5, 5.41) is 0.176. The molecule has 112 valence electrons. The molecule has 3 nitrogen and oxygen atoms in total. The van der Waals surface area contributed by atoms with E-state index in [1.54, 1.807) is 14.2 Å². The molecule has 1 aliphatic heterocycles. The van der Waals surface area contributed by atoms with Gasteiger partial charge in [0.25, 0.3) is 0 Å². The minimum Gasteiger partial charge on any atom is -0.373 e. The van der Waals surface area contributed by atoms with Crippen LogP contribution in [0.3, 0.4) is 0 Å². The molecule has 1 saturated heterocycles. The molecule has 0 bridgehead atoms. The second-order valence-corrected chi connectivity index (χ2v) is 6.49. The van der Waals surface area contributed by atoms with Crippen molar-refractivity contribution < 1.29 is 14.2 Å². The SMILES string of the molecule is CCCC(Cl)C1CC2CC(C(OC)OC)CCC2O1. The van der Waals surface area contributed by atoms with E-state index < -0.39 is 0 Å². The van der Waals surface area contributed by atoms with Crippen molar-refractivity contribution in [1.29, 1.82) is 0 Å². The van der Waals surface area contributed by atoms with E-state index in [0.717, 1.165) is 38.5 Å². The summed E-state index contributed by atoms with van der Waals surface area (Å²) in [7, 11) is 3.45. The molecule has 5 atom stereocenters. The molecular formula is C15H27ClO3. The zero-order chi connectivity index (χ0) is 13.8. The summed E-state index contributed by atoms with van der Waals surface area (Å²) in [5.74, 6) is 1.13. The van der Waals surface area contributed by atoms with Gasteiger partial charge in [-0.25, -0.2) is 0 Å². The average molecular weight is 291 g/mol. The topological polar surface area (TPSA) is 27.7 Å². The van der Waals surface area contributed by atoms with Crippen molar-refractivity contribution in [2.24, 2.45) is 11.8 Å². The predicted molar refractivity (Wildman–Crippen MR) is 76.5 cm³/mol. The molecule has 0 aromatic carbocycles. The largest absolute Gasteiger partial charge is 0.373 e. The van der Waals surface area contributed by atoms with E-state index in [9.17, 15) is 0 Å². The fraction of sp³-hybridized carbons (Fsp3) is 1.00. The van der Waals surface area contributed by atoms with Crippen LogP contribution in [0.2, 0.25) is 0 Å². The van der Waals surface area contributed by atoms with E-state index >= 15 is 0 Å². The van der Waals surface area contributed by atoms with E-state index in [-0.39, 0.29) is 17.8 Å². The number of methoxy groups -OCH3 is 2. The number of rotatable bonds is 6. The summed E-state index contributed by atoms with van der Waals surface area (Å²) in [6, 6.07) is 0. The molecule has 19 heavy (non-hydrogen) atoms. The number of fused-ring (bicyclic) bond motifs is 1. The Labute approximate surface area is 121 Å². The first-order valence-corrected chi connectivity index (χ1v) is 7.98. The van der Waals surface area contributed by atoms with E-state index in [0.29, 0.717) is 17.9 Å². The smallest absolute Gasteiger partial charge is 0.159 e. The number of halogens is 1. The van der Waals surface area contributed by atoms with Crippen LogP contribution in [0.15, 0.2) is 0 Å². The molecule has 0 radical (unpaired) electrons. The van der Waals surface area contributed by atoms with Gasteiger partial charge in [-0.1, -0.05) is 13.3 Å². The first kappa shape index (κ1) is 15.6. The van der Waals surface area contributed by atoms with Crippen LogP contribution >= 0.6 is 11.6 Å². The van der Waals surface area contributed by atoms with Gasteiger partial charge in [0.2, 0.25) is 0 Å². The van der Waals surface area contributed by atoms with Crippen LogP contribution in [0, 0.1) is 11.8 Å². The van der Waals surface area contributed by atoms with Gasteiger partial charge in [-0.2, -0.15) is 0 Å². The third-order valence-corrected chi connectivity index (χ3v) is 5.15. The van der Waals surface area contributed by atoms with Crippen LogP contribution in [0.4, 0.5) is 0 Å². The Balaban J connectivity index is 1.88.